The maximum Gasteiger partial charge on any atom is 0.250 e. The van der Waals surface area contributed by atoms with Crippen molar-refractivity contribution in [1.82, 2.24) is 10.0 Å². The van der Waals surface area contributed by atoms with Crippen molar-refractivity contribution in [2.24, 2.45) is 0 Å². The zero-order valence-electron chi connectivity index (χ0n) is 12.5. The summed E-state index contributed by atoms with van der Waals surface area (Å²) in [6.45, 7) is 8.24. The van der Waals surface area contributed by atoms with Gasteiger partial charge in [-0.25, -0.2) is 13.1 Å². The Hall–Kier alpha value is -0.0800. The lowest BCUT2D eigenvalue weighted by Crippen LogP contribution is -2.35. The molecule has 0 aliphatic rings. The minimum Gasteiger partial charge on any atom is -0.313 e. The van der Waals surface area contributed by atoms with E-state index in [2.05, 4.69) is 17.0 Å². The molecule has 0 unspecified atom stereocenters. The number of sulfonamides is 1. The van der Waals surface area contributed by atoms with E-state index in [1.165, 1.54) is 11.3 Å². The molecule has 1 aromatic rings. The van der Waals surface area contributed by atoms with Gasteiger partial charge in [-0.3, -0.25) is 0 Å². The Balaban J connectivity index is 2.64. The van der Waals surface area contributed by atoms with Gasteiger partial charge in [-0.1, -0.05) is 6.92 Å². The van der Waals surface area contributed by atoms with E-state index in [1.54, 1.807) is 17.8 Å². The van der Waals surface area contributed by atoms with Crippen LogP contribution in [0.2, 0.25) is 0 Å². The third-order valence-electron chi connectivity index (χ3n) is 2.89. The standard InChI is InChI=1S/C13H24N2O2S3/c1-5-6-14-8-11-7-12(19-9-11)20(16,17)15-10-13(2,3)18-4/h7,9,14-15H,5-6,8,10H2,1-4H3. The van der Waals surface area contributed by atoms with Gasteiger partial charge in [0.05, 0.1) is 0 Å². The van der Waals surface area contributed by atoms with E-state index >= 15 is 0 Å². The predicted molar refractivity (Wildman–Crippen MR) is 89.1 cm³/mol. The highest BCUT2D eigenvalue weighted by Gasteiger charge is 2.22. The number of thioether (sulfide) groups is 1. The van der Waals surface area contributed by atoms with Gasteiger partial charge < -0.3 is 5.32 Å². The van der Waals surface area contributed by atoms with E-state index in [9.17, 15) is 8.42 Å². The van der Waals surface area contributed by atoms with Crippen LogP contribution in [0.3, 0.4) is 0 Å². The predicted octanol–water partition coefficient (Wildman–Crippen LogP) is 2.67. The van der Waals surface area contributed by atoms with Crippen LogP contribution in [0, 0.1) is 0 Å². The lowest BCUT2D eigenvalue weighted by atomic mass is 10.2. The summed E-state index contributed by atoms with van der Waals surface area (Å²) in [5, 5.41) is 5.17. The molecule has 0 aromatic carbocycles. The van der Waals surface area contributed by atoms with Crippen LogP contribution in [0.1, 0.15) is 32.8 Å². The Morgan fingerprint density at radius 1 is 1.40 bits per heavy atom. The van der Waals surface area contributed by atoms with E-state index in [4.69, 9.17) is 0 Å². The first-order valence-corrected chi connectivity index (χ1v) is 10.2. The van der Waals surface area contributed by atoms with Gasteiger partial charge in [0.15, 0.2) is 0 Å². The van der Waals surface area contributed by atoms with E-state index in [0.29, 0.717) is 10.8 Å². The van der Waals surface area contributed by atoms with Crippen molar-refractivity contribution >= 4 is 33.1 Å². The number of hydrogen-bond donors (Lipinski definition) is 2. The third-order valence-corrected chi connectivity index (χ3v) is 7.03. The summed E-state index contributed by atoms with van der Waals surface area (Å²) < 4.78 is 27.4. The van der Waals surface area contributed by atoms with Crippen LogP contribution in [0.15, 0.2) is 15.7 Å². The molecule has 116 valence electrons. The molecule has 0 saturated carbocycles. The molecule has 0 aliphatic carbocycles. The lowest BCUT2D eigenvalue weighted by molar-refractivity contribution is 0.572. The molecule has 2 N–H and O–H groups in total. The van der Waals surface area contributed by atoms with Crippen LogP contribution in [0.4, 0.5) is 0 Å². The maximum absolute atomic E-state index is 12.2. The van der Waals surface area contributed by atoms with E-state index in [1.807, 2.05) is 25.5 Å². The molecular formula is C13H24N2O2S3. The fourth-order valence-corrected chi connectivity index (χ4v) is 4.18. The van der Waals surface area contributed by atoms with Crippen LogP contribution in [-0.2, 0) is 16.6 Å². The molecule has 1 rings (SSSR count). The average molecular weight is 337 g/mol. The van der Waals surface area contributed by atoms with Crippen molar-refractivity contribution in [2.75, 3.05) is 19.3 Å². The van der Waals surface area contributed by atoms with Crippen LogP contribution in [0.25, 0.3) is 0 Å². The van der Waals surface area contributed by atoms with Gasteiger partial charge in [0.2, 0.25) is 10.0 Å². The summed E-state index contributed by atoms with van der Waals surface area (Å²) in [5.74, 6) is 0. The first-order chi connectivity index (χ1) is 9.30. The van der Waals surface area contributed by atoms with E-state index < -0.39 is 10.0 Å². The second kappa shape index (κ2) is 7.79. The number of rotatable bonds is 9. The Morgan fingerprint density at radius 3 is 2.70 bits per heavy atom. The Morgan fingerprint density at radius 2 is 2.10 bits per heavy atom. The van der Waals surface area contributed by atoms with Crippen LogP contribution in [-0.4, -0.2) is 32.5 Å². The summed E-state index contributed by atoms with van der Waals surface area (Å²) in [7, 11) is -3.39. The number of thiophene rings is 1. The Bertz CT molecular complexity index is 509. The molecule has 0 amide bonds. The monoisotopic (exact) mass is 336 g/mol. The minimum atomic E-state index is -3.39. The van der Waals surface area contributed by atoms with E-state index in [-0.39, 0.29) is 4.75 Å². The van der Waals surface area contributed by atoms with Gasteiger partial charge in [0, 0.05) is 17.8 Å². The summed E-state index contributed by atoms with van der Waals surface area (Å²) in [6, 6.07) is 1.75. The van der Waals surface area contributed by atoms with Gasteiger partial charge >= 0.3 is 0 Å². The van der Waals surface area contributed by atoms with Gasteiger partial charge in [-0.05, 0) is 50.1 Å². The van der Waals surface area contributed by atoms with Crippen molar-refractivity contribution in [3.05, 3.63) is 17.0 Å². The first kappa shape index (κ1) is 18.0. The molecule has 20 heavy (non-hydrogen) atoms. The van der Waals surface area contributed by atoms with Crippen LogP contribution < -0.4 is 10.0 Å². The Kier molecular flexibility index (Phi) is 7.00. The highest BCUT2D eigenvalue weighted by Crippen LogP contribution is 2.23. The quantitative estimate of drug-likeness (QED) is 0.681. The van der Waals surface area contributed by atoms with Crippen molar-refractivity contribution in [2.45, 2.75) is 42.7 Å². The molecule has 0 atom stereocenters. The highest BCUT2D eigenvalue weighted by atomic mass is 32.2. The molecule has 7 heteroatoms. The molecule has 0 radical (unpaired) electrons. The van der Waals surface area contributed by atoms with Crippen molar-refractivity contribution in [1.29, 1.82) is 0 Å². The highest BCUT2D eigenvalue weighted by molar-refractivity contribution is 8.00. The van der Waals surface area contributed by atoms with Crippen LogP contribution >= 0.6 is 23.1 Å². The number of nitrogens with one attached hydrogen (secondary N) is 2. The maximum atomic E-state index is 12.2. The molecule has 1 aromatic heterocycles. The van der Waals surface area contributed by atoms with Crippen molar-refractivity contribution < 1.29 is 8.42 Å². The Labute approximate surface area is 130 Å². The molecule has 4 nitrogen and oxygen atoms in total. The SMILES string of the molecule is CCCNCc1csc(S(=O)(=O)NCC(C)(C)SC)c1. The smallest absolute Gasteiger partial charge is 0.250 e. The normalized spacial score (nSPS) is 12.8. The van der Waals surface area contributed by atoms with E-state index in [0.717, 1.165) is 25.1 Å². The van der Waals surface area contributed by atoms with Gasteiger partial charge in [-0.2, -0.15) is 11.8 Å². The fourth-order valence-electron chi connectivity index (χ4n) is 1.41. The second-order valence-corrected chi connectivity index (χ2v) is 9.66. The number of hydrogen-bond acceptors (Lipinski definition) is 5. The summed E-state index contributed by atoms with van der Waals surface area (Å²) in [6.07, 6.45) is 3.05. The lowest BCUT2D eigenvalue weighted by Gasteiger charge is -2.21. The van der Waals surface area contributed by atoms with Gasteiger partial charge in [0.25, 0.3) is 0 Å². The molecule has 1 heterocycles. The fraction of sp³-hybridized carbons (Fsp3) is 0.692. The molecule has 0 aliphatic heterocycles. The van der Waals surface area contributed by atoms with Gasteiger partial charge in [0.1, 0.15) is 4.21 Å². The molecular weight excluding hydrogens is 312 g/mol. The topological polar surface area (TPSA) is 58.2 Å². The molecule has 0 saturated heterocycles. The third kappa shape index (κ3) is 5.73. The zero-order valence-corrected chi connectivity index (χ0v) is 15.0. The van der Waals surface area contributed by atoms with Crippen molar-refractivity contribution in [3.63, 3.8) is 0 Å². The zero-order chi connectivity index (χ0) is 15.2. The van der Waals surface area contributed by atoms with Crippen LogP contribution in [0.5, 0.6) is 0 Å². The summed E-state index contributed by atoms with van der Waals surface area (Å²) >= 11 is 2.92. The van der Waals surface area contributed by atoms with Gasteiger partial charge in [-0.15, -0.1) is 11.3 Å². The minimum absolute atomic E-state index is 0.101. The molecule has 0 spiro atoms. The largest absolute Gasteiger partial charge is 0.313 e. The first-order valence-electron chi connectivity index (χ1n) is 6.63. The molecule has 0 fully saturated rings. The second-order valence-electron chi connectivity index (χ2n) is 5.24. The molecule has 0 bridgehead atoms. The van der Waals surface area contributed by atoms with Crippen molar-refractivity contribution in [3.8, 4) is 0 Å². The summed E-state index contributed by atoms with van der Waals surface area (Å²) in [4.78, 5) is 0. The summed E-state index contributed by atoms with van der Waals surface area (Å²) in [5.41, 5.74) is 1.02. The average Bonchev–Trinajstić information content (AvgIpc) is 2.87.